The predicted octanol–water partition coefficient (Wildman–Crippen LogP) is 2.74. The quantitative estimate of drug-likeness (QED) is 0.548. The molecule has 10 heteroatoms. The summed E-state index contributed by atoms with van der Waals surface area (Å²) < 4.78 is 33.3. The fraction of sp³-hybridized carbons (Fsp3) is 0.200. The van der Waals surface area contributed by atoms with Gasteiger partial charge in [-0.2, -0.15) is 8.78 Å². The van der Waals surface area contributed by atoms with Crippen LogP contribution in [0.2, 0.25) is 0 Å². The predicted molar refractivity (Wildman–Crippen MR) is 100 cm³/mol. The highest BCUT2D eigenvalue weighted by molar-refractivity contribution is 6.19. The van der Waals surface area contributed by atoms with Crippen molar-refractivity contribution in [3.05, 3.63) is 54.1 Å². The maximum atomic E-state index is 12.1. The van der Waals surface area contributed by atoms with Gasteiger partial charge in [0.25, 0.3) is 5.91 Å². The first-order chi connectivity index (χ1) is 14.3. The Hall–Kier alpha value is -3.82. The Kier molecular flexibility index (Phi) is 6.35. The lowest BCUT2D eigenvalue weighted by atomic mass is 10.2. The van der Waals surface area contributed by atoms with Crippen LogP contribution < -0.4 is 15.0 Å². The Labute approximate surface area is 169 Å². The number of anilines is 2. The number of halogens is 2. The van der Waals surface area contributed by atoms with Crippen LogP contribution in [0.15, 0.2) is 48.5 Å². The minimum absolute atomic E-state index is 0.0600. The number of nitrogens with zero attached hydrogens (tertiary/aromatic N) is 1. The zero-order valence-electron chi connectivity index (χ0n) is 15.5. The molecule has 3 rings (SSSR count). The van der Waals surface area contributed by atoms with Gasteiger partial charge in [0.15, 0.2) is 6.61 Å². The highest BCUT2D eigenvalue weighted by Crippen LogP contribution is 2.23. The molecule has 0 radical (unpaired) electrons. The fourth-order valence-electron chi connectivity index (χ4n) is 2.74. The molecule has 0 aliphatic carbocycles. The van der Waals surface area contributed by atoms with Crippen LogP contribution >= 0.6 is 0 Å². The molecule has 2 aromatic carbocycles. The number of hydrogen-bond donors (Lipinski definition) is 1. The molecule has 0 atom stereocenters. The van der Waals surface area contributed by atoms with Gasteiger partial charge in [-0.05, 0) is 48.5 Å². The largest absolute Gasteiger partial charge is 0.452 e. The number of hydrogen-bond acceptors (Lipinski definition) is 6. The molecule has 8 nitrogen and oxygen atoms in total. The van der Waals surface area contributed by atoms with Crippen LogP contribution in [0.1, 0.15) is 23.2 Å². The van der Waals surface area contributed by atoms with E-state index in [4.69, 9.17) is 4.74 Å². The lowest BCUT2D eigenvalue weighted by Gasteiger charge is -2.14. The molecule has 1 aliphatic rings. The van der Waals surface area contributed by atoms with E-state index in [0.29, 0.717) is 11.4 Å². The first kappa shape index (κ1) is 20.9. The molecule has 0 spiro atoms. The summed E-state index contributed by atoms with van der Waals surface area (Å²) in [5.41, 5.74) is 0.803. The Morgan fingerprint density at radius 2 is 1.57 bits per heavy atom. The number of benzene rings is 2. The fourth-order valence-corrected chi connectivity index (χ4v) is 2.74. The minimum atomic E-state index is -2.95. The van der Waals surface area contributed by atoms with Crippen LogP contribution in [0.25, 0.3) is 0 Å². The summed E-state index contributed by atoms with van der Waals surface area (Å²) in [6.07, 6.45) is 0.305. The number of carbonyl (C=O) groups is 4. The number of alkyl halides is 2. The number of rotatable bonds is 7. The summed E-state index contributed by atoms with van der Waals surface area (Å²) in [7, 11) is 0. The van der Waals surface area contributed by atoms with E-state index < -0.39 is 25.1 Å². The van der Waals surface area contributed by atoms with Crippen molar-refractivity contribution in [1.82, 2.24) is 0 Å². The van der Waals surface area contributed by atoms with Crippen molar-refractivity contribution in [3.63, 3.8) is 0 Å². The van der Waals surface area contributed by atoms with Gasteiger partial charge < -0.3 is 14.8 Å². The van der Waals surface area contributed by atoms with Gasteiger partial charge >= 0.3 is 12.6 Å². The van der Waals surface area contributed by atoms with Gasteiger partial charge in [0.2, 0.25) is 11.8 Å². The molecule has 0 aromatic heterocycles. The third kappa shape index (κ3) is 5.16. The van der Waals surface area contributed by atoms with Crippen LogP contribution in [0, 0.1) is 0 Å². The summed E-state index contributed by atoms with van der Waals surface area (Å²) in [4.78, 5) is 48.5. The normalized spacial score (nSPS) is 13.5. The summed E-state index contributed by atoms with van der Waals surface area (Å²) >= 11 is 0. The number of nitrogens with one attached hydrogen (secondary N) is 1. The lowest BCUT2D eigenvalue weighted by molar-refractivity contribution is -0.121. The Morgan fingerprint density at radius 3 is 2.13 bits per heavy atom. The molecule has 3 amide bonds. The van der Waals surface area contributed by atoms with E-state index in [0.717, 1.165) is 4.90 Å². The molecular weight excluding hydrogens is 402 g/mol. The van der Waals surface area contributed by atoms with Crippen LogP contribution in [-0.2, 0) is 19.1 Å². The monoisotopic (exact) mass is 418 g/mol. The van der Waals surface area contributed by atoms with E-state index >= 15 is 0 Å². The average molecular weight is 418 g/mol. The maximum absolute atomic E-state index is 12.1. The minimum Gasteiger partial charge on any atom is -0.452 e. The molecule has 1 aliphatic heterocycles. The summed E-state index contributed by atoms with van der Waals surface area (Å²) in [6, 6.07) is 10.9. The molecular formula is C20H16F2N2O6. The molecule has 0 bridgehead atoms. The molecule has 1 heterocycles. The van der Waals surface area contributed by atoms with Crippen molar-refractivity contribution in [2.24, 2.45) is 0 Å². The van der Waals surface area contributed by atoms with Gasteiger partial charge in [0, 0.05) is 18.5 Å². The average Bonchev–Trinajstić information content (AvgIpc) is 3.05. The number of ether oxygens (including phenoxy) is 2. The smallest absolute Gasteiger partial charge is 0.387 e. The summed E-state index contributed by atoms with van der Waals surface area (Å²) in [5, 5.41) is 2.44. The standard InChI is InChI=1S/C20H16F2N2O6/c21-20(22)30-15-7-3-13(4-8-15)23-16(25)11-29-19(28)12-1-5-14(6-2-12)24-17(26)9-10-18(24)27/h1-8,20H,9-11H2,(H,23,25). The second kappa shape index (κ2) is 9.12. The summed E-state index contributed by atoms with van der Waals surface area (Å²) in [6.45, 7) is -3.52. The van der Waals surface area contributed by atoms with Crippen LogP contribution in [0.5, 0.6) is 5.75 Å². The Morgan fingerprint density at radius 1 is 0.967 bits per heavy atom. The van der Waals surface area contributed by atoms with Crippen molar-refractivity contribution in [3.8, 4) is 5.75 Å². The number of esters is 1. The zero-order valence-corrected chi connectivity index (χ0v) is 15.5. The first-order valence-electron chi connectivity index (χ1n) is 8.81. The molecule has 1 fully saturated rings. The van der Waals surface area contributed by atoms with Crippen LogP contribution in [0.4, 0.5) is 20.2 Å². The molecule has 1 N–H and O–H groups in total. The van der Waals surface area contributed by atoms with E-state index in [1.165, 1.54) is 48.5 Å². The Bertz CT molecular complexity index is 944. The molecule has 156 valence electrons. The van der Waals surface area contributed by atoms with Gasteiger partial charge in [-0.3, -0.25) is 19.3 Å². The van der Waals surface area contributed by atoms with Crippen LogP contribution in [-0.4, -0.2) is 36.9 Å². The van der Waals surface area contributed by atoms with Gasteiger partial charge in [0.05, 0.1) is 11.3 Å². The van der Waals surface area contributed by atoms with Gasteiger partial charge in [-0.25, -0.2) is 4.79 Å². The molecule has 0 saturated carbocycles. The second-order valence-corrected chi connectivity index (χ2v) is 6.20. The Balaban J connectivity index is 1.50. The van der Waals surface area contributed by atoms with E-state index in [9.17, 15) is 28.0 Å². The van der Waals surface area contributed by atoms with Crippen molar-refractivity contribution in [2.45, 2.75) is 19.5 Å². The van der Waals surface area contributed by atoms with Gasteiger partial charge in [0.1, 0.15) is 5.75 Å². The van der Waals surface area contributed by atoms with Crippen molar-refractivity contribution in [2.75, 3.05) is 16.8 Å². The second-order valence-electron chi connectivity index (χ2n) is 6.20. The topological polar surface area (TPSA) is 102 Å². The van der Waals surface area contributed by atoms with E-state index in [-0.39, 0.29) is 36.0 Å². The van der Waals surface area contributed by atoms with Crippen molar-refractivity contribution >= 4 is 35.1 Å². The van der Waals surface area contributed by atoms with Crippen molar-refractivity contribution in [1.29, 1.82) is 0 Å². The van der Waals surface area contributed by atoms with Gasteiger partial charge in [-0.15, -0.1) is 0 Å². The van der Waals surface area contributed by atoms with E-state index in [1.807, 2.05) is 0 Å². The molecule has 2 aromatic rings. The summed E-state index contributed by atoms with van der Waals surface area (Å²) in [5.74, 6) is -2.07. The molecule has 30 heavy (non-hydrogen) atoms. The highest BCUT2D eigenvalue weighted by atomic mass is 19.3. The number of carbonyl (C=O) groups excluding carboxylic acids is 4. The number of imide groups is 1. The first-order valence-corrected chi connectivity index (χ1v) is 8.81. The maximum Gasteiger partial charge on any atom is 0.387 e. The third-order valence-electron chi connectivity index (χ3n) is 4.11. The third-order valence-corrected chi connectivity index (χ3v) is 4.11. The lowest BCUT2D eigenvalue weighted by Crippen LogP contribution is -2.28. The van der Waals surface area contributed by atoms with Crippen molar-refractivity contribution < 1.29 is 37.4 Å². The van der Waals surface area contributed by atoms with E-state index in [1.54, 1.807) is 0 Å². The molecule has 0 unspecified atom stereocenters. The number of amides is 3. The molecule has 1 saturated heterocycles. The van der Waals surface area contributed by atoms with E-state index in [2.05, 4.69) is 10.1 Å². The van der Waals surface area contributed by atoms with Crippen LogP contribution in [0.3, 0.4) is 0 Å². The SMILES string of the molecule is O=C(COC(=O)c1ccc(N2C(=O)CCC2=O)cc1)Nc1ccc(OC(F)F)cc1. The zero-order chi connectivity index (χ0) is 21.7. The van der Waals surface area contributed by atoms with Gasteiger partial charge in [-0.1, -0.05) is 0 Å². The highest BCUT2D eigenvalue weighted by Gasteiger charge is 2.30.